The molecule has 0 aliphatic rings. The molecule has 3 aromatic rings. The first-order chi connectivity index (χ1) is 15.7. The first kappa shape index (κ1) is 25.1. The van der Waals surface area contributed by atoms with Crippen LogP contribution < -0.4 is 0 Å². The van der Waals surface area contributed by atoms with Gasteiger partial charge in [-0.1, -0.05) is 32.0 Å². The van der Waals surface area contributed by atoms with Gasteiger partial charge in [0, 0.05) is 20.2 Å². The number of imidazole rings is 1. The van der Waals surface area contributed by atoms with Gasteiger partial charge < -0.3 is 14.2 Å². The summed E-state index contributed by atoms with van der Waals surface area (Å²) in [6.45, 7) is 5.34. The molecule has 10 heteroatoms. The van der Waals surface area contributed by atoms with Gasteiger partial charge in [-0.2, -0.15) is 0 Å². The maximum atomic E-state index is 13.2. The number of methoxy groups -OCH3 is 1. The van der Waals surface area contributed by atoms with Crippen LogP contribution in [0.1, 0.15) is 34.8 Å². The summed E-state index contributed by atoms with van der Waals surface area (Å²) in [6.07, 6.45) is 1.50. The van der Waals surface area contributed by atoms with E-state index in [1.54, 1.807) is 15.5 Å². The second-order valence-corrected chi connectivity index (χ2v) is 10.9. The Kier molecular flexibility index (Phi) is 8.39. The van der Waals surface area contributed by atoms with Crippen LogP contribution in [-0.2, 0) is 33.4 Å². The molecule has 7 nitrogen and oxygen atoms in total. The summed E-state index contributed by atoms with van der Waals surface area (Å²) >= 11 is 1.37. The minimum absolute atomic E-state index is 0.0908. The number of hydrogen-bond donors (Lipinski definition) is 0. The molecule has 0 spiro atoms. The predicted molar refractivity (Wildman–Crippen MR) is 125 cm³/mol. The number of aromatic nitrogens is 2. The van der Waals surface area contributed by atoms with Crippen molar-refractivity contribution >= 4 is 27.1 Å². The van der Waals surface area contributed by atoms with Crippen molar-refractivity contribution in [3.8, 4) is 0 Å². The van der Waals surface area contributed by atoms with Crippen molar-refractivity contribution < 1.29 is 22.3 Å². The summed E-state index contributed by atoms with van der Waals surface area (Å²) in [6, 6.07) is 8.96. The lowest BCUT2D eigenvalue weighted by Crippen LogP contribution is -2.34. The van der Waals surface area contributed by atoms with Gasteiger partial charge in [0.25, 0.3) is 5.91 Å². The van der Waals surface area contributed by atoms with Crippen LogP contribution in [0.25, 0.3) is 0 Å². The Morgan fingerprint density at radius 1 is 1.24 bits per heavy atom. The lowest BCUT2D eigenvalue weighted by Gasteiger charge is -2.25. The summed E-state index contributed by atoms with van der Waals surface area (Å²) in [5.74, 6) is -0.610. The van der Waals surface area contributed by atoms with E-state index in [0.717, 1.165) is 0 Å². The standard InChI is InChI=1S/C23H28FN3O4S2/c1-17(2)14-26(22(28)21-5-4-12-32-21)15-20-13-25-23(27(20)10-11-31-3)33(29,30)16-18-6-8-19(24)9-7-18/h4-9,12-13,17H,10-11,14-16H2,1-3H3. The smallest absolute Gasteiger partial charge is 0.264 e. The van der Waals surface area contributed by atoms with E-state index in [1.807, 2.05) is 25.3 Å². The van der Waals surface area contributed by atoms with Crippen molar-refractivity contribution in [1.29, 1.82) is 0 Å². The number of carbonyl (C=O) groups excluding carboxylic acids is 1. The summed E-state index contributed by atoms with van der Waals surface area (Å²) in [4.78, 5) is 19.6. The third-order valence-corrected chi connectivity index (χ3v) is 7.38. The summed E-state index contributed by atoms with van der Waals surface area (Å²) in [5.41, 5.74) is 1.07. The highest BCUT2D eigenvalue weighted by Gasteiger charge is 2.26. The van der Waals surface area contributed by atoms with Crippen molar-refractivity contribution in [2.24, 2.45) is 5.92 Å². The van der Waals surface area contributed by atoms with Crippen LogP contribution in [0.4, 0.5) is 4.39 Å². The molecule has 0 saturated heterocycles. The van der Waals surface area contributed by atoms with Crippen LogP contribution in [0, 0.1) is 11.7 Å². The number of ether oxygens (including phenoxy) is 1. The summed E-state index contributed by atoms with van der Waals surface area (Å²) in [5, 5.41) is 1.76. The zero-order chi connectivity index (χ0) is 24.0. The number of sulfone groups is 1. The molecule has 2 aromatic heterocycles. The average Bonchev–Trinajstić information content (AvgIpc) is 3.43. The minimum atomic E-state index is -3.82. The highest BCUT2D eigenvalue weighted by atomic mass is 32.2. The molecule has 0 aliphatic carbocycles. The number of halogens is 1. The molecule has 3 rings (SSSR count). The summed E-state index contributed by atoms with van der Waals surface area (Å²) in [7, 11) is -2.28. The fourth-order valence-electron chi connectivity index (χ4n) is 3.46. The molecule has 0 saturated carbocycles. The van der Waals surface area contributed by atoms with E-state index in [4.69, 9.17) is 4.74 Å². The van der Waals surface area contributed by atoms with Crippen LogP contribution in [0.2, 0.25) is 0 Å². The monoisotopic (exact) mass is 493 g/mol. The number of benzene rings is 1. The van der Waals surface area contributed by atoms with Gasteiger partial charge in [0.05, 0.1) is 35.7 Å². The Hall–Kier alpha value is -2.56. The Morgan fingerprint density at radius 3 is 2.58 bits per heavy atom. The minimum Gasteiger partial charge on any atom is -0.383 e. The van der Waals surface area contributed by atoms with Gasteiger partial charge >= 0.3 is 0 Å². The van der Waals surface area contributed by atoms with Crippen molar-refractivity contribution in [2.45, 2.75) is 37.8 Å². The van der Waals surface area contributed by atoms with Gasteiger partial charge in [-0.05, 0) is 35.1 Å². The predicted octanol–water partition coefficient (Wildman–Crippen LogP) is 4.00. The van der Waals surface area contributed by atoms with E-state index in [9.17, 15) is 17.6 Å². The Labute approximate surface area is 197 Å². The van der Waals surface area contributed by atoms with Crippen molar-refractivity contribution in [2.75, 3.05) is 20.3 Å². The zero-order valence-electron chi connectivity index (χ0n) is 18.9. The highest BCUT2D eigenvalue weighted by Crippen LogP contribution is 2.21. The first-order valence-electron chi connectivity index (χ1n) is 10.5. The maximum absolute atomic E-state index is 13.2. The lowest BCUT2D eigenvalue weighted by atomic mass is 10.2. The Balaban J connectivity index is 1.92. The molecule has 2 heterocycles. The van der Waals surface area contributed by atoms with E-state index in [0.29, 0.717) is 22.7 Å². The quantitative estimate of drug-likeness (QED) is 0.403. The van der Waals surface area contributed by atoms with E-state index < -0.39 is 15.7 Å². The van der Waals surface area contributed by atoms with Gasteiger partial charge in [0.15, 0.2) is 0 Å². The van der Waals surface area contributed by atoms with E-state index >= 15 is 0 Å². The zero-order valence-corrected chi connectivity index (χ0v) is 20.5. The van der Waals surface area contributed by atoms with E-state index in [2.05, 4.69) is 4.98 Å². The third kappa shape index (κ3) is 6.49. The third-order valence-electron chi connectivity index (χ3n) is 4.93. The van der Waals surface area contributed by atoms with Crippen LogP contribution in [0.15, 0.2) is 53.1 Å². The maximum Gasteiger partial charge on any atom is 0.264 e. The number of nitrogens with zero attached hydrogens (tertiary/aromatic N) is 3. The van der Waals surface area contributed by atoms with Gasteiger partial charge in [-0.3, -0.25) is 4.79 Å². The molecule has 0 N–H and O–H groups in total. The lowest BCUT2D eigenvalue weighted by molar-refractivity contribution is 0.0722. The Morgan fingerprint density at radius 2 is 1.97 bits per heavy atom. The van der Waals surface area contributed by atoms with Crippen molar-refractivity contribution in [3.63, 3.8) is 0 Å². The van der Waals surface area contributed by atoms with Gasteiger partial charge in [-0.15, -0.1) is 11.3 Å². The SMILES string of the molecule is COCCn1c(CN(CC(C)C)C(=O)c2cccs2)cnc1S(=O)(=O)Cc1ccc(F)cc1. The van der Waals surface area contributed by atoms with Gasteiger partial charge in [0.2, 0.25) is 15.0 Å². The van der Waals surface area contributed by atoms with Crippen LogP contribution in [0.5, 0.6) is 0 Å². The normalized spacial score (nSPS) is 11.8. The first-order valence-corrected chi connectivity index (χ1v) is 13.1. The van der Waals surface area contributed by atoms with E-state index in [-0.39, 0.29) is 42.4 Å². The molecule has 0 fully saturated rings. The molecule has 1 aromatic carbocycles. The number of amides is 1. The van der Waals surface area contributed by atoms with E-state index in [1.165, 1.54) is 48.9 Å². The molecule has 0 bridgehead atoms. The molecule has 0 radical (unpaired) electrons. The van der Waals surface area contributed by atoms with Crippen molar-refractivity contribution in [1.82, 2.24) is 14.5 Å². The van der Waals surface area contributed by atoms with Gasteiger partial charge in [-0.25, -0.2) is 17.8 Å². The largest absolute Gasteiger partial charge is 0.383 e. The Bertz CT molecular complexity index is 1160. The average molecular weight is 494 g/mol. The van der Waals surface area contributed by atoms with Crippen LogP contribution in [0.3, 0.4) is 0 Å². The molecule has 1 amide bonds. The molecule has 0 aliphatic heterocycles. The molecule has 0 atom stereocenters. The molecule has 33 heavy (non-hydrogen) atoms. The second kappa shape index (κ2) is 11.0. The topological polar surface area (TPSA) is 81.5 Å². The second-order valence-electron chi connectivity index (χ2n) is 8.12. The summed E-state index contributed by atoms with van der Waals surface area (Å²) < 4.78 is 46.3. The molecule has 0 unspecified atom stereocenters. The molecule has 178 valence electrons. The van der Waals surface area contributed by atoms with Crippen molar-refractivity contribution in [3.05, 3.63) is 69.9 Å². The van der Waals surface area contributed by atoms with Gasteiger partial charge in [0.1, 0.15) is 5.82 Å². The molecular formula is C23H28FN3O4S2. The van der Waals surface area contributed by atoms with Crippen LogP contribution in [-0.4, -0.2) is 49.0 Å². The number of carbonyl (C=O) groups is 1. The molecular weight excluding hydrogens is 465 g/mol. The number of thiophene rings is 1. The number of hydrogen-bond acceptors (Lipinski definition) is 6. The fraction of sp³-hybridized carbons (Fsp3) is 0.391. The highest BCUT2D eigenvalue weighted by molar-refractivity contribution is 7.90. The number of rotatable bonds is 11. The fourth-order valence-corrected chi connectivity index (χ4v) is 5.67. The van der Waals surface area contributed by atoms with Crippen LogP contribution >= 0.6 is 11.3 Å².